The molecule has 1 aliphatic rings. The summed E-state index contributed by atoms with van der Waals surface area (Å²) >= 11 is 0. The fourth-order valence-electron chi connectivity index (χ4n) is 2.08. The van der Waals surface area contributed by atoms with E-state index in [0.29, 0.717) is 19.4 Å². The van der Waals surface area contributed by atoms with Crippen molar-refractivity contribution in [3.8, 4) is 0 Å². The van der Waals surface area contributed by atoms with Crippen LogP contribution in [0.1, 0.15) is 40.5 Å². The second-order valence-electron chi connectivity index (χ2n) is 5.40. The average molecular weight is 256 g/mol. The van der Waals surface area contributed by atoms with Crippen LogP contribution in [0.25, 0.3) is 0 Å². The lowest BCUT2D eigenvalue weighted by molar-refractivity contribution is -0.149. The smallest absolute Gasteiger partial charge is 0.245 e. The van der Waals surface area contributed by atoms with E-state index in [4.69, 9.17) is 4.74 Å². The first-order valence-electron chi connectivity index (χ1n) is 6.48. The van der Waals surface area contributed by atoms with E-state index in [1.807, 2.05) is 20.8 Å². The number of rotatable bonds is 5. The molecule has 0 aromatic rings. The maximum atomic E-state index is 12.1. The third-order valence-corrected chi connectivity index (χ3v) is 3.59. The number of carbonyl (C=O) groups is 2. The molecule has 5 nitrogen and oxygen atoms in total. The summed E-state index contributed by atoms with van der Waals surface area (Å²) in [7, 11) is 1.66. The van der Waals surface area contributed by atoms with Crippen molar-refractivity contribution in [2.75, 3.05) is 13.7 Å². The average Bonchev–Trinajstić information content (AvgIpc) is 2.32. The van der Waals surface area contributed by atoms with Crippen molar-refractivity contribution >= 4 is 11.8 Å². The van der Waals surface area contributed by atoms with Gasteiger partial charge in [-0.3, -0.25) is 9.59 Å². The zero-order chi connectivity index (χ0) is 13.9. The fourth-order valence-corrected chi connectivity index (χ4v) is 2.08. The summed E-state index contributed by atoms with van der Waals surface area (Å²) in [5.41, 5.74) is -0.282. The Morgan fingerprint density at radius 2 is 2.00 bits per heavy atom. The Bertz CT molecular complexity index is 328. The Kier molecular flexibility index (Phi) is 4.73. The first kappa shape index (κ1) is 15.0. The summed E-state index contributed by atoms with van der Waals surface area (Å²) in [5, 5.41) is 2.71. The number of piperazine rings is 1. The molecule has 0 saturated carbocycles. The number of ether oxygens (including phenoxy) is 1. The minimum Gasteiger partial charge on any atom is -0.379 e. The van der Waals surface area contributed by atoms with Crippen molar-refractivity contribution in [2.24, 2.45) is 0 Å². The Balaban J connectivity index is 2.75. The van der Waals surface area contributed by atoms with Crippen LogP contribution >= 0.6 is 0 Å². The topological polar surface area (TPSA) is 58.6 Å². The highest BCUT2D eigenvalue weighted by Crippen LogP contribution is 2.18. The third kappa shape index (κ3) is 3.22. The molecule has 0 aliphatic carbocycles. The third-order valence-electron chi connectivity index (χ3n) is 3.59. The van der Waals surface area contributed by atoms with Crippen molar-refractivity contribution in [3.63, 3.8) is 0 Å². The summed E-state index contributed by atoms with van der Waals surface area (Å²) in [6.07, 6.45) is 1.35. The van der Waals surface area contributed by atoms with Crippen LogP contribution in [0.3, 0.4) is 0 Å². The highest BCUT2D eigenvalue weighted by atomic mass is 16.5. The molecule has 1 N–H and O–H groups in total. The van der Waals surface area contributed by atoms with Gasteiger partial charge in [-0.1, -0.05) is 6.92 Å². The molecule has 1 rings (SSSR count). The largest absolute Gasteiger partial charge is 0.379 e. The Morgan fingerprint density at radius 1 is 1.39 bits per heavy atom. The molecule has 18 heavy (non-hydrogen) atoms. The molecular weight excluding hydrogens is 232 g/mol. The van der Waals surface area contributed by atoms with Gasteiger partial charge in [0.2, 0.25) is 11.8 Å². The summed E-state index contributed by atoms with van der Waals surface area (Å²) < 4.78 is 5.35. The van der Waals surface area contributed by atoms with Crippen LogP contribution in [0, 0.1) is 0 Å². The number of methoxy groups -OCH3 is 1. The summed E-state index contributed by atoms with van der Waals surface area (Å²) in [5.74, 6) is -0.0619. The van der Waals surface area contributed by atoms with Crippen molar-refractivity contribution in [2.45, 2.75) is 58.2 Å². The minimum absolute atomic E-state index is 0.00615. The Labute approximate surface area is 109 Å². The molecule has 0 aromatic heterocycles. The van der Waals surface area contributed by atoms with Crippen molar-refractivity contribution < 1.29 is 14.3 Å². The summed E-state index contributed by atoms with van der Waals surface area (Å²) in [6.45, 7) is 8.15. The van der Waals surface area contributed by atoms with Gasteiger partial charge in [0, 0.05) is 13.7 Å². The molecule has 1 fully saturated rings. The molecule has 0 bridgehead atoms. The first-order chi connectivity index (χ1) is 8.32. The van der Waals surface area contributed by atoms with Gasteiger partial charge in [0.1, 0.15) is 12.1 Å². The molecule has 1 heterocycles. The van der Waals surface area contributed by atoms with Crippen LogP contribution in [-0.2, 0) is 14.3 Å². The number of carbonyl (C=O) groups excluding carboxylic acids is 2. The highest BCUT2D eigenvalue weighted by molar-refractivity contribution is 5.96. The quantitative estimate of drug-likeness (QED) is 0.796. The lowest BCUT2D eigenvalue weighted by atomic mass is 10.0. The van der Waals surface area contributed by atoms with Crippen molar-refractivity contribution in [1.82, 2.24) is 10.2 Å². The molecule has 0 aromatic carbocycles. The van der Waals surface area contributed by atoms with Crippen LogP contribution in [-0.4, -0.2) is 48.1 Å². The van der Waals surface area contributed by atoms with Gasteiger partial charge in [0.05, 0.1) is 5.60 Å². The van der Waals surface area contributed by atoms with E-state index in [1.165, 1.54) is 0 Å². The molecule has 2 atom stereocenters. The van der Waals surface area contributed by atoms with Gasteiger partial charge in [-0.15, -0.1) is 0 Å². The number of hydrogen-bond acceptors (Lipinski definition) is 3. The van der Waals surface area contributed by atoms with Gasteiger partial charge in [-0.25, -0.2) is 0 Å². The minimum atomic E-state index is -0.425. The predicted octanol–water partition coefficient (Wildman–Crippen LogP) is 0.927. The molecule has 2 unspecified atom stereocenters. The van der Waals surface area contributed by atoms with E-state index in [2.05, 4.69) is 5.32 Å². The van der Waals surface area contributed by atoms with Gasteiger partial charge >= 0.3 is 0 Å². The van der Waals surface area contributed by atoms with Gasteiger partial charge in [-0.2, -0.15) is 0 Å². The number of nitrogens with one attached hydrogen (secondary N) is 1. The second kappa shape index (κ2) is 5.69. The van der Waals surface area contributed by atoms with E-state index in [0.717, 1.165) is 0 Å². The number of nitrogens with zero attached hydrogens (tertiary/aromatic N) is 1. The van der Waals surface area contributed by atoms with Crippen LogP contribution in [0.15, 0.2) is 0 Å². The number of hydrogen-bond donors (Lipinski definition) is 1. The van der Waals surface area contributed by atoms with Gasteiger partial charge < -0.3 is 15.0 Å². The summed E-state index contributed by atoms with van der Waals surface area (Å²) in [4.78, 5) is 25.7. The van der Waals surface area contributed by atoms with E-state index >= 15 is 0 Å². The van der Waals surface area contributed by atoms with Crippen molar-refractivity contribution in [3.05, 3.63) is 0 Å². The van der Waals surface area contributed by atoms with Crippen molar-refractivity contribution in [1.29, 1.82) is 0 Å². The van der Waals surface area contributed by atoms with Crippen LogP contribution in [0.2, 0.25) is 0 Å². The standard InChI is InChI=1S/C13H24N2O3/c1-6-10-11(16)14-9(2)12(17)15(10)8-7-13(3,4)18-5/h9-10H,6-8H2,1-5H3,(H,14,16). The number of amides is 2. The Hall–Kier alpha value is -1.10. The van der Waals surface area contributed by atoms with E-state index < -0.39 is 6.04 Å². The lowest BCUT2D eigenvalue weighted by Gasteiger charge is -2.39. The van der Waals surface area contributed by atoms with Crippen LogP contribution in [0.5, 0.6) is 0 Å². The fraction of sp³-hybridized carbons (Fsp3) is 0.846. The monoisotopic (exact) mass is 256 g/mol. The molecule has 5 heteroatoms. The zero-order valence-corrected chi connectivity index (χ0v) is 11.9. The summed E-state index contributed by atoms with van der Waals surface area (Å²) in [6, 6.07) is -0.771. The van der Waals surface area contributed by atoms with Crippen LogP contribution in [0.4, 0.5) is 0 Å². The Morgan fingerprint density at radius 3 is 2.50 bits per heavy atom. The zero-order valence-electron chi connectivity index (χ0n) is 11.9. The van der Waals surface area contributed by atoms with Gasteiger partial charge in [0.15, 0.2) is 0 Å². The SMILES string of the molecule is CCC1C(=O)NC(C)C(=O)N1CCC(C)(C)OC. The maximum absolute atomic E-state index is 12.1. The first-order valence-corrected chi connectivity index (χ1v) is 6.48. The molecule has 0 spiro atoms. The molecule has 1 saturated heterocycles. The van der Waals surface area contributed by atoms with Gasteiger partial charge in [-0.05, 0) is 33.6 Å². The van der Waals surface area contributed by atoms with E-state index in [-0.39, 0.29) is 23.5 Å². The molecule has 104 valence electrons. The molecule has 0 radical (unpaired) electrons. The van der Waals surface area contributed by atoms with E-state index in [1.54, 1.807) is 18.9 Å². The maximum Gasteiger partial charge on any atom is 0.245 e. The van der Waals surface area contributed by atoms with Crippen LogP contribution < -0.4 is 5.32 Å². The molecule has 1 aliphatic heterocycles. The second-order valence-corrected chi connectivity index (χ2v) is 5.40. The molecule has 2 amide bonds. The molecular formula is C13H24N2O3. The predicted molar refractivity (Wildman–Crippen MR) is 69.1 cm³/mol. The highest BCUT2D eigenvalue weighted by Gasteiger charge is 2.37. The lowest BCUT2D eigenvalue weighted by Crippen LogP contribution is -2.62. The van der Waals surface area contributed by atoms with E-state index in [9.17, 15) is 9.59 Å². The normalized spacial score (nSPS) is 25.3. The van der Waals surface area contributed by atoms with Gasteiger partial charge in [0.25, 0.3) is 0 Å².